The van der Waals surface area contributed by atoms with Gasteiger partial charge < -0.3 is 18.9 Å². The van der Waals surface area contributed by atoms with Crippen LogP contribution in [0.1, 0.15) is 34.6 Å². The third-order valence-corrected chi connectivity index (χ3v) is 4.76. The summed E-state index contributed by atoms with van der Waals surface area (Å²) in [6, 6.07) is 8.48. The number of ether oxygens (including phenoxy) is 4. The molecule has 1 unspecified atom stereocenters. The number of amides is 1. The van der Waals surface area contributed by atoms with Gasteiger partial charge in [-0.2, -0.15) is 5.11 Å². The zero-order valence-electron chi connectivity index (χ0n) is 20.0. The van der Waals surface area contributed by atoms with Crippen LogP contribution in [0, 0.1) is 0 Å². The van der Waals surface area contributed by atoms with E-state index in [4.69, 9.17) is 30.7 Å². The Hall–Kier alpha value is -3.33. The van der Waals surface area contributed by atoms with Crippen molar-refractivity contribution in [1.82, 2.24) is 0 Å². The molecule has 0 aliphatic rings. The Labute approximate surface area is 204 Å². The Kier molecular flexibility index (Phi) is 10.6. The molecule has 0 heterocycles. The second kappa shape index (κ2) is 13.4. The third-order valence-electron chi connectivity index (χ3n) is 4.40. The largest absolute Gasteiger partial charge is 0.491 e. The molecular formula is C24H30ClN3O6. The Bertz CT molecular complexity index is 990. The van der Waals surface area contributed by atoms with Crippen LogP contribution in [0.2, 0.25) is 0 Å². The number of hydrogen-bond acceptors (Lipinski definition) is 8. The molecule has 10 heteroatoms. The van der Waals surface area contributed by atoms with Gasteiger partial charge in [-0.15, -0.1) is 5.11 Å². The number of nitrogens with zero attached hydrogens (tertiary/aromatic N) is 3. The lowest BCUT2D eigenvalue weighted by molar-refractivity contribution is -0.126. The van der Waals surface area contributed by atoms with Crippen molar-refractivity contribution in [3.63, 3.8) is 0 Å². The Morgan fingerprint density at radius 3 is 1.91 bits per heavy atom. The highest BCUT2D eigenvalue weighted by atomic mass is 35.5. The van der Waals surface area contributed by atoms with Gasteiger partial charge in [-0.1, -0.05) is 6.07 Å². The molecule has 2 rings (SSSR count). The van der Waals surface area contributed by atoms with E-state index >= 15 is 0 Å². The second-order valence-corrected chi connectivity index (χ2v) is 7.15. The van der Waals surface area contributed by atoms with Crippen molar-refractivity contribution in [2.45, 2.75) is 40.7 Å². The molecule has 0 bridgehead atoms. The summed E-state index contributed by atoms with van der Waals surface area (Å²) in [4.78, 5) is 25.4. The molecule has 1 atom stereocenters. The van der Waals surface area contributed by atoms with Crippen LogP contribution in [0.3, 0.4) is 0 Å². The molecule has 0 aromatic heterocycles. The van der Waals surface area contributed by atoms with Gasteiger partial charge in [0.25, 0.3) is 5.91 Å². The first-order valence-electron chi connectivity index (χ1n) is 11.1. The second-order valence-electron chi connectivity index (χ2n) is 6.81. The number of hydrogen-bond donors (Lipinski definition) is 0. The molecule has 34 heavy (non-hydrogen) atoms. The van der Waals surface area contributed by atoms with Gasteiger partial charge in [0.05, 0.1) is 32.1 Å². The minimum absolute atomic E-state index is 0.283. The summed E-state index contributed by atoms with van der Waals surface area (Å²) in [7, 11) is 0. The highest BCUT2D eigenvalue weighted by molar-refractivity contribution is 6.39. The minimum Gasteiger partial charge on any atom is -0.491 e. The van der Waals surface area contributed by atoms with E-state index in [0.717, 1.165) is 4.42 Å². The Morgan fingerprint density at radius 2 is 1.38 bits per heavy atom. The molecule has 2 aromatic rings. The number of Topliss-reactive ketones (excluding diaryl/α,β-unsaturated/α-hetero) is 1. The Balaban J connectivity index is 2.37. The number of benzene rings is 2. The maximum atomic E-state index is 13.1. The van der Waals surface area contributed by atoms with Crippen LogP contribution in [-0.4, -0.2) is 44.2 Å². The zero-order valence-corrected chi connectivity index (χ0v) is 20.8. The summed E-state index contributed by atoms with van der Waals surface area (Å²) in [5.41, 5.74) is 0.579. The SMILES string of the molecule is CCOc1ccc(N(Cl)C(=O)C(N=Nc2c(OCC)cccc2OCC)C(C)=O)cc1OCC. The quantitative estimate of drug-likeness (QED) is 0.208. The third kappa shape index (κ3) is 6.84. The summed E-state index contributed by atoms with van der Waals surface area (Å²) < 4.78 is 23.1. The lowest BCUT2D eigenvalue weighted by Gasteiger charge is -2.19. The monoisotopic (exact) mass is 491 g/mol. The van der Waals surface area contributed by atoms with Crippen LogP contribution < -0.4 is 23.4 Å². The molecule has 184 valence electrons. The van der Waals surface area contributed by atoms with Crippen molar-refractivity contribution in [1.29, 1.82) is 0 Å². The van der Waals surface area contributed by atoms with Gasteiger partial charge in [0.15, 0.2) is 34.5 Å². The van der Waals surface area contributed by atoms with E-state index in [9.17, 15) is 9.59 Å². The van der Waals surface area contributed by atoms with Crippen molar-refractivity contribution in [3.05, 3.63) is 36.4 Å². The van der Waals surface area contributed by atoms with Gasteiger partial charge in [-0.25, -0.2) is 4.42 Å². The van der Waals surface area contributed by atoms with Crippen molar-refractivity contribution in [3.8, 4) is 23.0 Å². The summed E-state index contributed by atoms with van der Waals surface area (Å²) in [5.74, 6) is 0.487. The van der Waals surface area contributed by atoms with Crippen molar-refractivity contribution in [2.75, 3.05) is 30.8 Å². The number of anilines is 1. The van der Waals surface area contributed by atoms with Crippen LogP contribution in [0.4, 0.5) is 11.4 Å². The lowest BCUT2D eigenvalue weighted by Crippen LogP contribution is -2.36. The summed E-state index contributed by atoms with van der Waals surface area (Å²) >= 11 is 6.32. The van der Waals surface area contributed by atoms with Crippen LogP contribution in [-0.2, 0) is 9.59 Å². The van der Waals surface area contributed by atoms with Crippen LogP contribution >= 0.6 is 11.8 Å². The first-order chi connectivity index (χ1) is 16.4. The fourth-order valence-corrected chi connectivity index (χ4v) is 3.16. The van der Waals surface area contributed by atoms with E-state index in [-0.39, 0.29) is 5.69 Å². The molecule has 0 aliphatic carbocycles. The molecule has 0 spiro atoms. The predicted octanol–water partition coefficient (Wildman–Crippen LogP) is 5.51. The topological polar surface area (TPSA) is 99.0 Å². The highest BCUT2D eigenvalue weighted by Gasteiger charge is 2.29. The van der Waals surface area contributed by atoms with Gasteiger partial charge in [0.1, 0.15) is 0 Å². The number of halogens is 1. The molecule has 0 aliphatic heterocycles. The molecule has 1 amide bonds. The van der Waals surface area contributed by atoms with Crippen LogP contribution in [0.15, 0.2) is 46.6 Å². The van der Waals surface area contributed by atoms with E-state index in [1.807, 2.05) is 27.7 Å². The molecule has 0 saturated heterocycles. The van der Waals surface area contributed by atoms with Crippen LogP contribution in [0.25, 0.3) is 0 Å². The van der Waals surface area contributed by atoms with E-state index < -0.39 is 17.7 Å². The standard InChI is InChI=1S/C24H30ClN3O6/c1-6-31-18-14-13-17(15-21(18)34-9-4)28(25)24(30)22(16(5)29)26-27-23-19(32-7-2)11-10-12-20(23)33-8-3/h10-15,22H,6-9H2,1-5H3. The van der Waals surface area contributed by atoms with E-state index in [2.05, 4.69) is 10.2 Å². The van der Waals surface area contributed by atoms with Crippen molar-refractivity contribution in [2.24, 2.45) is 10.2 Å². The molecule has 0 N–H and O–H groups in total. The van der Waals surface area contributed by atoms with Gasteiger partial charge in [-0.05, 0) is 58.9 Å². The van der Waals surface area contributed by atoms with E-state index in [0.29, 0.717) is 55.1 Å². The highest BCUT2D eigenvalue weighted by Crippen LogP contribution is 2.38. The number of carbonyl (C=O) groups is 2. The zero-order chi connectivity index (χ0) is 25.1. The summed E-state index contributed by atoms with van der Waals surface area (Å²) in [6.07, 6.45) is 0. The number of carbonyl (C=O) groups excluding carboxylic acids is 2. The predicted molar refractivity (Wildman–Crippen MR) is 130 cm³/mol. The molecule has 0 radical (unpaired) electrons. The number of rotatable bonds is 13. The smallest absolute Gasteiger partial charge is 0.276 e. The number of azo groups is 1. The Morgan fingerprint density at radius 1 is 0.853 bits per heavy atom. The lowest BCUT2D eigenvalue weighted by atomic mass is 10.2. The summed E-state index contributed by atoms with van der Waals surface area (Å²) in [5, 5.41) is 8.17. The molecule has 0 fully saturated rings. The normalized spacial score (nSPS) is 11.7. The van der Waals surface area contributed by atoms with E-state index in [1.165, 1.54) is 6.92 Å². The first kappa shape index (κ1) is 26.9. The van der Waals surface area contributed by atoms with Crippen molar-refractivity contribution >= 4 is 34.8 Å². The van der Waals surface area contributed by atoms with E-state index in [1.54, 1.807) is 36.4 Å². The molecule has 2 aromatic carbocycles. The average molecular weight is 492 g/mol. The van der Waals surface area contributed by atoms with Crippen LogP contribution in [0.5, 0.6) is 23.0 Å². The van der Waals surface area contributed by atoms with Gasteiger partial charge in [-0.3, -0.25) is 9.59 Å². The minimum atomic E-state index is -1.47. The first-order valence-corrected chi connectivity index (χ1v) is 11.4. The van der Waals surface area contributed by atoms with Crippen molar-refractivity contribution < 1.29 is 28.5 Å². The fraction of sp³-hybridized carbons (Fsp3) is 0.417. The number of ketones is 1. The van der Waals surface area contributed by atoms with Gasteiger partial charge >= 0.3 is 0 Å². The molecular weight excluding hydrogens is 462 g/mol. The average Bonchev–Trinajstić information content (AvgIpc) is 2.81. The van der Waals surface area contributed by atoms with Gasteiger partial charge in [0.2, 0.25) is 6.04 Å². The fourth-order valence-electron chi connectivity index (χ4n) is 2.96. The maximum absolute atomic E-state index is 13.1. The summed E-state index contributed by atoms with van der Waals surface area (Å²) in [6.45, 7) is 10.2. The van der Waals surface area contributed by atoms with Gasteiger partial charge in [0, 0.05) is 17.8 Å². The molecule has 9 nitrogen and oxygen atoms in total. The molecule has 0 saturated carbocycles. The maximum Gasteiger partial charge on any atom is 0.276 e.